The van der Waals surface area contributed by atoms with Crippen molar-refractivity contribution >= 4 is 17.7 Å². The van der Waals surface area contributed by atoms with Gasteiger partial charge in [-0.1, -0.05) is 25.3 Å². The molecule has 1 aromatic heterocycles. The number of aromatic nitrogens is 2. The van der Waals surface area contributed by atoms with Crippen molar-refractivity contribution in [3.05, 3.63) is 35.6 Å². The third-order valence-corrected chi connectivity index (χ3v) is 6.95. The maximum absolute atomic E-state index is 14.1. The highest BCUT2D eigenvalue weighted by Gasteiger charge is 2.31. The minimum absolute atomic E-state index is 0.0206. The van der Waals surface area contributed by atoms with Crippen LogP contribution in [-0.2, 0) is 4.79 Å². The fourth-order valence-corrected chi connectivity index (χ4v) is 4.93. The number of nitriles is 1. The number of nitrogens with one attached hydrogen (secondary N) is 1. The van der Waals surface area contributed by atoms with Gasteiger partial charge >= 0.3 is 0 Å². The van der Waals surface area contributed by atoms with E-state index >= 15 is 0 Å². The predicted octanol–water partition coefficient (Wildman–Crippen LogP) is 4.04. The number of halogens is 1. The lowest BCUT2D eigenvalue weighted by atomic mass is 9.88. The third kappa shape index (κ3) is 5.41. The van der Waals surface area contributed by atoms with Crippen molar-refractivity contribution in [3.8, 4) is 17.3 Å². The Hall–Kier alpha value is -3.21. The first-order chi connectivity index (χ1) is 15.9. The molecule has 3 N–H and O–H groups in total. The summed E-state index contributed by atoms with van der Waals surface area (Å²) in [7, 11) is 0. The van der Waals surface area contributed by atoms with E-state index in [4.69, 9.17) is 11.0 Å². The zero-order chi connectivity index (χ0) is 23.4. The van der Waals surface area contributed by atoms with E-state index in [1.54, 1.807) is 12.1 Å². The van der Waals surface area contributed by atoms with Crippen molar-refractivity contribution < 1.29 is 9.18 Å². The van der Waals surface area contributed by atoms with E-state index in [-0.39, 0.29) is 29.4 Å². The molecule has 1 saturated heterocycles. The molecule has 0 unspecified atom stereocenters. The highest BCUT2D eigenvalue weighted by atomic mass is 19.1. The molecule has 0 bridgehead atoms. The summed E-state index contributed by atoms with van der Waals surface area (Å²) in [4.78, 5) is 23.7. The number of nitrogens with two attached hydrogens (primary N) is 1. The number of amides is 1. The van der Waals surface area contributed by atoms with Crippen LogP contribution in [-0.4, -0.2) is 35.0 Å². The monoisotopic (exact) mass is 450 g/mol. The third-order valence-electron chi connectivity index (χ3n) is 6.95. The Morgan fingerprint density at radius 1 is 1.21 bits per heavy atom. The van der Waals surface area contributed by atoms with E-state index in [9.17, 15) is 9.18 Å². The number of hydrogen-bond donors (Lipinski definition) is 2. The summed E-state index contributed by atoms with van der Waals surface area (Å²) in [6.07, 6.45) is 7.93. The molecule has 1 aliphatic heterocycles. The van der Waals surface area contributed by atoms with Crippen LogP contribution in [0.25, 0.3) is 11.3 Å². The summed E-state index contributed by atoms with van der Waals surface area (Å²) in [6, 6.07) is 8.14. The first-order valence-corrected chi connectivity index (χ1v) is 11.8. The van der Waals surface area contributed by atoms with Crippen LogP contribution < -0.4 is 16.0 Å². The number of rotatable bonds is 5. The van der Waals surface area contributed by atoms with E-state index < -0.39 is 5.82 Å². The minimum Gasteiger partial charge on any atom is -0.368 e. The molecule has 2 aromatic rings. The number of nitrogens with zero attached hydrogens (tertiary/aromatic N) is 4. The normalized spacial score (nSPS) is 21.4. The van der Waals surface area contributed by atoms with Crippen molar-refractivity contribution in [3.63, 3.8) is 0 Å². The maximum Gasteiger partial charge on any atom is 0.224 e. The SMILES string of the molecule is C[C@@H]1CC[C@H](C(=O)NCC2CCCCC2)CN1c1cc(-c2ccc(C#N)c(F)c2)nc(N)n1. The van der Waals surface area contributed by atoms with Gasteiger partial charge in [-0.25, -0.2) is 9.37 Å². The van der Waals surface area contributed by atoms with Gasteiger partial charge in [0.05, 0.1) is 17.2 Å². The van der Waals surface area contributed by atoms with Gasteiger partial charge in [0.15, 0.2) is 0 Å². The van der Waals surface area contributed by atoms with E-state index in [1.165, 1.54) is 44.2 Å². The average molecular weight is 451 g/mol. The molecule has 2 aliphatic rings. The second kappa shape index (κ2) is 10.2. The van der Waals surface area contributed by atoms with Gasteiger partial charge in [0.25, 0.3) is 0 Å². The standard InChI is InChI=1S/C25H31FN6O/c1-16-7-8-20(24(33)29-14-17-5-3-2-4-6-17)15-32(16)23-12-22(30-25(28)31-23)18-9-10-19(13-27)21(26)11-18/h9-12,16-17,20H,2-8,14-15H2,1H3,(H,29,33)(H2,28,30,31)/t16-,20+/m1/s1. The Morgan fingerprint density at radius 2 is 2.00 bits per heavy atom. The van der Waals surface area contributed by atoms with Crippen molar-refractivity contribution in [1.29, 1.82) is 5.26 Å². The molecule has 8 heteroatoms. The van der Waals surface area contributed by atoms with Gasteiger partial charge in [0.2, 0.25) is 11.9 Å². The lowest BCUT2D eigenvalue weighted by Gasteiger charge is -2.38. The minimum atomic E-state index is -0.602. The molecule has 2 fully saturated rings. The Morgan fingerprint density at radius 3 is 2.73 bits per heavy atom. The second-order valence-electron chi connectivity index (χ2n) is 9.30. The zero-order valence-corrected chi connectivity index (χ0v) is 19.1. The fourth-order valence-electron chi connectivity index (χ4n) is 4.93. The molecule has 33 heavy (non-hydrogen) atoms. The molecule has 7 nitrogen and oxygen atoms in total. The topological polar surface area (TPSA) is 108 Å². The van der Waals surface area contributed by atoms with E-state index in [0.29, 0.717) is 29.5 Å². The summed E-state index contributed by atoms with van der Waals surface area (Å²) >= 11 is 0. The molecule has 0 radical (unpaired) electrons. The van der Waals surface area contributed by atoms with E-state index in [2.05, 4.69) is 27.1 Å². The number of benzene rings is 1. The maximum atomic E-state index is 14.1. The first-order valence-electron chi connectivity index (χ1n) is 11.8. The van der Waals surface area contributed by atoms with Crippen molar-refractivity contribution in [2.75, 3.05) is 23.7 Å². The number of carbonyl (C=O) groups excluding carboxylic acids is 1. The van der Waals surface area contributed by atoms with Crippen LogP contribution in [0.4, 0.5) is 16.2 Å². The summed E-state index contributed by atoms with van der Waals surface area (Å²) in [5, 5.41) is 12.2. The molecule has 2 heterocycles. The second-order valence-corrected chi connectivity index (χ2v) is 9.30. The predicted molar refractivity (Wildman–Crippen MR) is 126 cm³/mol. The molecule has 1 aromatic carbocycles. The Labute approximate surface area is 194 Å². The molecule has 0 spiro atoms. The lowest BCUT2D eigenvalue weighted by Crippen LogP contribution is -2.48. The van der Waals surface area contributed by atoms with E-state index in [0.717, 1.165) is 19.4 Å². The molecule has 1 aliphatic carbocycles. The number of hydrogen-bond acceptors (Lipinski definition) is 6. The number of carbonyl (C=O) groups is 1. The fraction of sp³-hybridized carbons (Fsp3) is 0.520. The van der Waals surface area contributed by atoms with Crippen LogP contribution in [0.15, 0.2) is 24.3 Å². The van der Waals surface area contributed by atoms with Crippen LogP contribution in [0.3, 0.4) is 0 Å². The first kappa shape index (κ1) is 23.0. The van der Waals surface area contributed by atoms with Crippen LogP contribution in [0.5, 0.6) is 0 Å². The van der Waals surface area contributed by atoms with Crippen molar-refractivity contribution in [1.82, 2.24) is 15.3 Å². The summed E-state index contributed by atoms with van der Waals surface area (Å²) in [5.74, 6) is 0.696. The van der Waals surface area contributed by atoms with Gasteiger partial charge in [-0.05, 0) is 50.7 Å². The van der Waals surface area contributed by atoms with Crippen molar-refractivity contribution in [2.45, 2.75) is 57.9 Å². The number of nitrogen functional groups attached to an aromatic ring is 1. The number of piperidine rings is 1. The van der Waals surface area contributed by atoms with Gasteiger partial charge in [0, 0.05) is 30.8 Å². The largest absolute Gasteiger partial charge is 0.368 e. The van der Waals surface area contributed by atoms with Gasteiger partial charge < -0.3 is 16.0 Å². The Kier molecular flexibility index (Phi) is 7.07. The van der Waals surface area contributed by atoms with Crippen LogP contribution >= 0.6 is 0 Å². The molecule has 2 atom stereocenters. The molecule has 4 rings (SSSR count). The quantitative estimate of drug-likeness (QED) is 0.712. The summed E-state index contributed by atoms with van der Waals surface area (Å²) in [5.41, 5.74) is 6.98. The highest BCUT2D eigenvalue weighted by molar-refractivity contribution is 5.79. The van der Waals surface area contributed by atoms with Crippen LogP contribution in [0.2, 0.25) is 0 Å². The molecule has 1 amide bonds. The Bertz CT molecular complexity index is 1050. The van der Waals surface area contributed by atoms with Crippen LogP contribution in [0.1, 0.15) is 57.4 Å². The molecular weight excluding hydrogens is 419 g/mol. The number of anilines is 2. The molecule has 1 saturated carbocycles. The van der Waals surface area contributed by atoms with Crippen molar-refractivity contribution in [2.24, 2.45) is 11.8 Å². The summed E-state index contributed by atoms with van der Waals surface area (Å²) < 4.78 is 14.1. The van der Waals surface area contributed by atoms with Gasteiger partial charge in [0.1, 0.15) is 17.7 Å². The van der Waals surface area contributed by atoms with E-state index in [1.807, 2.05) is 6.07 Å². The van der Waals surface area contributed by atoms with Gasteiger partial charge in [-0.2, -0.15) is 10.2 Å². The lowest BCUT2D eigenvalue weighted by molar-refractivity contribution is -0.125. The summed E-state index contributed by atoms with van der Waals surface area (Å²) in [6.45, 7) is 3.42. The molecular formula is C25H31FN6O. The molecule has 174 valence electrons. The van der Waals surface area contributed by atoms with Gasteiger partial charge in [-0.3, -0.25) is 4.79 Å². The van der Waals surface area contributed by atoms with Crippen LogP contribution in [0, 0.1) is 29.0 Å². The Balaban J connectivity index is 1.49. The highest BCUT2D eigenvalue weighted by Crippen LogP contribution is 2.30. The van der Waals surface area contributed by atoms with Gasteiger partial charge in [-0.15, -0.1) is 0 Å². The smallest absolute Gasteiger partial charge is 0.224 e. The zero-order valence-electron chi connectivity index (χ0n) is 19.1. The average Bonchev–Trinajstić information content (AvgIpc) is 2.83.